The molecule has 0 heterocycles. The van der Waals surface area contributed by atoms with Crippen LogP contribution in [0, 0.1) is 0 Å². The van der Waals surface area contributed by atoms with E-state index in [0.29, 0.717) is 17.9 Å². The Morgan fingerprint density at radius 1 is 1.30 bits per heavy atom. The fourth-order valence-electron chi connectivity index (χ4n) is 1.47. The van der Waals surface area contributed by atoms with Gasteiger partial charge in [0.25, 0.3) is 5.78 Å². The van der Waals surface area contributed by atoms with Gasteiger partial charge in [0.05, 0.1) is 13.7 Å². The first kappa shape index (κ1) is 15.4. The Balaban J connectivity index is 3.19. The van der Waals surface area contributed by atoms with Gasteiger partial charge in [0.1, 0.15) is 11.3 Å². The van der Waals surface area contributed by atoms with Crippen molar-refractivity contribution in [1.29, 1.82) is 0 Å². The predicted octanol–water partition coefficient (Wildman–Crippen LogP) is 1.30. The molecule has 0 atom stereocenters. The maximum Gasteiger partial charge on any atom is 0.377 e. The van der Waals surface area contributed by atoms with Crippen molar-refractivity contribution in [3.8, 4) is 5.75 Å². The lowest BCUT2D eigenvalue weighted by molar-refractivity contribution is -0.149. The average Bonchev–Trinajstić information content (AvgIpc) is 2.44. The van der Waals surface area contributed by atoms with Crippen LogP contribution in [0.4, 0.5) is 0 Å². The number of carboxylic acids is 1. The van der Waals surface area contributed by atoms with Gasteiger partial charge in [-0.25, -0.2) is 9.59 Å². The molecule has 6 nitrogen and oxygen atoms in total. The maximum atomic E-state index is 11.5. The number of carbonyl (C=O) groups excluding carboxylic acids is 2. The summed E-state index contributed by atoms with van der Waals surface area (Å²) in [5, 5.41) is 8.69. The lowest BCUT2D eigenvalue weighted by Gasteiger charge is -2.05. The smallest absolute Gasteiger partial charge is 0.377 e. The molecule has 0 aliphatic heterocycles. The quantitative estimate of drug-likeness (QED) is 0.277. The number of ketones is 1. The number of ether oxygens (including phenoxy) is 2. The van der Waals surface area contributed by atoms with E-state index in [1.165, 1.54) is 0 Å². The Labute approximate surface area is 115 Å². The van der Waals surface area contributed by atoms with Crippen molar-refractivity contribution in [3.05, 3.63) is 35.4 Å². The van der Waals surface area contributed by atoms with Gasteiger partial charge < -0.3 is 14.6 Å². The highest BCUT2D eigenvalue weighted by molar-refractivity contribution is 6.47. The number of esters is 1. The SMILES string of the molecule is CCOc1cccc(C=C(C(=O)OC)C(=O)C(=O)O)c1. The molecule has 0 bridgehead atoms. The summed E-state index contributed by atoms with van der Waals surface area (Å²) in [6.45, 7) is 2.28. The molecular weight excluding hydrogens is 264 g/mol. The van der Waals surface area contributed by atoms with Gasteiger partial charge in [-0.15, -0.1) is 0 Å². The first-order valence-corrected chi connectivity index (χ1v) is 5.80. The fraction of sp³-hybridized carbons (Fsp3) is 0.214. The van der Waals surface area contributed by atoms with Crippen molar-refractivity contribution in [1.82, 2.24) is 0 Å². The third kappa shape index (κ3) is 3.94. The summed E-state index contributed by atoms with van der Waals surface area (Å²) in [4.78, 5) is 33.6. The van der Waals surface area contributed by atoms with Crippen LogP contribution >= 0.6 is 0 Å². The number of methoxy groups -OCH3 is 1. The van der Waals surface area contributed by atoms with Crippen LogP contribution in [0.2, 0.25) is 0 Å². The zero-order chi connectivity index (χ0) is 15.1. The van der Waals surface area contributed by atoms with Crippen LogP contribution in [-0.4, -0.2) is 36.5 Å². The number of rotatable bonds is 6. The second kappa shape index (κ2) is 7.08. The van der Waals surface area contributed by atoms with Gasteiger partial charge in [0, 0.05) is 0 Å². The lowest BCUT2D eigenvalue weighted by atomic mass is 10.1. The summed E-state index contributed by atoms with van der Waals surface area (Å²) >= 11 is 0. The van der Waals surface area contributed by atoms with E-state index in [1.54, 1.807) is 24.3 Å². The van der Waals surface area contributed by atoms with E-state index in [-0.39, 0.29) is 0 Å². The largest absolute Gasteiger partial charge is 0.494 e. The molecule has 0 saturated heterocycles. The van der Waals surface area contributed by atoms with E-state index < -0.39 is 23.3 Å². The van der Waals surface area contributed by atoms with Crippen molar-refractivity contribution in [2.24, 2.45) is 0 Å². The minimum atomic E-state index is -1.72. The van der Waals surface area contributed by atoms with Crippen LogP contribution in [-0.2, 0) is 19.1 Å². The van der Waals surface area contributed by atoms with Gasteiger partial charge in [-0.2, -0.15) is 0 Å². The second-order valence-corrected chi connectivity index (χ2v) is 3.69. The number of Topliss-reactive ketones (excluding diaryl/α,β-unsaturated/α-hetero) is 1. The third-order valence-electron chi connectivity index (χ3n) is 2.32. The van der Waals surface area contributed by atoms with E-state index in [0.717, 1.165) is 13.2 Å². The molecule has 1 aromatic rings. The fourth-order valence-corrected chi connectivity index (χ4v) is 1.47. The Bertz CT molecular complexity index is 559. The van der Waals surface area contributed by atoms with E-state index in [1.807, 2.05) is 6.92 Å². The molecule has 0 fully saturated rings. The number of aliphatic carboxylic acids is 1. The summed E-state index contributed by atoms with van der Waals surface area (Å²) in [7, 11) is 1.07. The number of hydrogen-bond acceptors (Lipinski definition) is 5. The summed E-state index contributed by atoms with van der Waals surface area (Å²) in [5.41, 5.74) is -0.0837. The molecule has 0 aromatic heterocycles. The van der Waals surface area contributed by atoms with Crippen LogP contribution in [0.15, 0.2) is 29.8 Å². The van der Waals surface area contributed by atoms with Gasteiger partial charge in [-0.3, -0.25) is 4.79 Å². The molecule has 0 amide bonds. The minimum Gasteiger partial charge on any atom is -0.494 e. The molecule has 1 rings (SSSR count). The lowest BCUT2D eigenvalue weighted by Crippen LogP contribution is -2.21. The van der Waals surface area contributed by atoms with Crippen molar-refractivity contribution >= 4 is 23.8 Å². The monoisotopic (exact) mass is 278 g/mol. The van der Waals surface area contributed by atoms with Gasteiger partial charge in [0.15, 0.2) is 0 Å². The number of benzene rings is 1. The molecule has 0 unspecified atom stereocenters. The maximum absolute atomic E-state index is 11.5. The van der Waals surface area contributed by atoms with Crippen molar-refractivity contribution in [3.63, 3.8) is 0 Å². The van der Waals surface area contributed by atoms with Crippen molar-refractivity contribution in [2.45, 2.75) is 6.92 Å². The molecule has 1 aromatic carbocycles. The van der Waals surface area contributed by atoms with Gasteiger partial charge in [0.2, 0.25) is 0 Å². The average molecular weight is 278 g/mol. The normalized spacial score (nSPS) is 10.8. The molecule has 1 N–H and O–H groups in total. The van der Waals surface area contributed by atoms with Crippen LogP contribution in [0.5, 0.6) is 5.75 Å². The van der Waals surface area contributed by atoms with Crippen molar-refractivity contribution in [2.75, 3.05) is 13.7 Å². The second-order valence-electron chi connectivity index (χ2n) is 3.69. The predicted molar refractivity (Wildman–Crippen MR) is 70.2 cm³/mol. The summed E-state index contributed by atoms with van der Waals surface area (Å²) < 4.78 is 9.69. The number of hydrogen-bond donors (Lipinski definition) is 1. The molecule has 0 saturated carbocycles. The van der Waals surface area contributed by atoms with Crippen LogP contribution in [0.1, 0.15) is 12.5 Å². The minimum absolute atomic E-state index is 0.463. The highest BCUT2D eigenvalue weighted by Crippen LogP contribution is 2.16. The molecular formula is C14H14O6. The molecule has 0 spiro atoms. The number of carboxylic acid groups (broad SMARTS) is 1. The molecule has 0 aliphatic carbocycles. The summed E-state index contributed by atoms with van der Waals surface area (Å²) in [5.74, 6) is -3.49. The Hall–Kier alpha value is -2.63. The van der Waals surface area contributed by atoms with Crippen LogP contribution in [0.25, 0.3) is 6.08 Å². The zero-order valence-electron chi connectivity index (χ0n) is 11.1. The van der Waals surface area contributed by atoms with E-state index in [2.05, 4.69) is 4.74 Å². The van der Waals surface area contributed by atoms with Crippen molar-refractivity contribution < 1.29 is 29.0 Å². The third-order valence-corrected chi connectivity index (χ3v) is 2.32. The van der Waals surface area contributed by atoms with E-state index in [4.69, 9.17) is 9.84 Å². The zero-order valence-corrected chi connectivity index (χ0v) is 11.1. The van der Waals surface area contributed by atoms with Crippen LogP contribution in [0.3, 0.4) is 0 Å². The standard InChI is InChI=1S/C14H14O6/c1-3-20-10-6-4-5-9(7-10)8-11(14(18)19-2)12(15)13(16)17/h4-8H,3H2,1-2H3,(H,16,17). The topological polar surface area (TPSA) is 89.9 Å². The first-order chi connectivity index (χ1) is 9.49. The molecule has 6 heteroatoms. The Kier molecular flexibility index (Phi) is 5.46. The summed E-state index contributed by atoms with van der Waals surface area (Å²) in [6.07, 6.45) is 1.16. The highest BCUT2D eigenvalue weighted by atomic mass is 16.5. The van der Waals surface area contributed by atoms with Crippen LogP contribution < -0.4 is 4.74 Å². The molecule has 20 heavy (non-hydrogen) atoms. The van der Waals surface area contributed by atoms with Gasteiger partial charge in [-0.1, -0.05) is 12.1 Å². The Morgan fingerprint density at radius 2 is 2.00 bits per heavy atom. The molecule has 0 aliphatic rings. The van der Waals surface area contributed by atoms with Gasteiger partial charge >= 0.3 is 11.9 Å². The molecule has 0 radical (unpaired) electrons. The Morgan fingerprint density at radius 3 is 2.55 bits per heavy atom. The first-order valence-electron chi connectivity index (χ1n) is 5.80. The van der Waals surface area contributed by atoms with E-state index in [9.17, 15) is 14.4 Å². The molecule has 106 valence electrons. The van der Waals surface area contributed by atoms with E-state index >= 15 is 0 Å². The van der Waals surface area contributed by atoms with Gasteiger partial charge in [-0.05, 0) is 30.7 Å². The number of carbonyl (C=O) groups is 3. The summed E-state index contributed by atoms with van der Waals surface area (Å²) in [6, 6.07) is 6.57. The highest BCUT2D eigenvalue weighted by Gasteiger charge is 2.25.